The number of hydrogen-bond acceptors (Lipinski definition) is 7. The van der Waals surface area contributed by atoms with Crippen LogP contribution < -0.4 is 10.6 Å². The SMILES string of the molecule is CN[C@H](C(=O)N1CC2(CC2)C[C@H]1c1ncc(-c2ccc3c(c2)C(F)(F)c2cc(C4=CN=C([C@@H]5[C@H]6CC[C@H](C6)N5C(=O)[C@@H](NC(=O)OC)C(C)C)C4)ccc2-3)[nH]1)C(C)C. The van der Waals surface area contributed by atoms with Crippen molar-refractivity contribution < 1.29 is 27.9 Å². The smallest absolute Gasteiger partial charge is 0.407 e. The second-order valence-corrected chi connectivity index (χ2v) is 18.2. The van der Waals surface area contributed by atoms with E-state index in [0.717, 1.165) is 49.8 Å². The van der Waals surface area contributed by atoms with Gasteiger partial charge in [-0.15, -0.1) is 0 Å². The molecular weight excluding hydrogens is 741 g/mol. The van der Waals surface area contributed by atoms with E-state index in [9.17, 15) is 14.4 Å². The molecule has 2 saturated carbocycles. The van der Waals surface area contributed by atoms with Crippen molar-refractivity contribution in [3.8, 4) is 22.4 Å². The van der Waals surface area contributed by atoms with Crippen LogP contribution in [0.25, 0.3) is 28.0 Å². The van der Waals surface area contributed by atoms with Gasteiger partial charge in [-0.1, -0.05) is 52.0 Å². The highest BCUT2D eigenvalue weighted by Crippen LogP contribution is 2.59. The Hall–Kier alpha value is -4.91. The molecule has 0 radical (unpaired) electrons. The number of amides is 3. The number of nitrogens with zero attached hydrogens (tertiary/aromatic N) is 4. The van der Waals surface area contributed by atoms with E-state index in [1.807, 2.05) is 56.7 Å². The van der Waals surface area contributed by atoms with Crippen LogP contribution >= 0.6 is 0 Å². The third kappa shape index (κ3) is 6.26. The zero-order chi connectivity index (χ0) is 40.8. The van der Waals surface area contributed by atoms with E-state index >= 15 is 8.78 Å². The highest BCUT2D eigenvalue weighted by molar-refractivity contribution is 6.04. The second kappa shape index (κ2) is 14.1. The van der Waals surface area contributed by atoms with Crippen LogP contribution in [0.1, 0.15) is 101 Å². The first-order valence-electron chi connectivity index (χ1n) is 20.9. The van der Waals surface area contributed by atoms with E-state index in [1.165, 1.54) is 7.11 Å². The molecule has 3 aliphatic carbocycles. The number of alkyl carbamates (subject to hydrolysis) is 1. The molecule has 9 rings (SSSR count). The Morgan fingerprint density at radius 3 is 2.29 bits per heavy atom. The quantitative estimate of drug-likeness (QED) is 0.196. The van der Waals surface area contributed by atoms with Crippen molar-refractivity contribution in [3.63, 3.8) is 0 Å². The Bertz CT molecular complexity index is 2240. The number of benzene rings is 2. The van der Waals surface area contributed by atoms with Gasteiger partial charge in [0.05, 0.1) is 37.1 Å². The summed E-state index contributed by atoms with van der Waals surface area (Å²) in [5.41, 5.74) is 4.67. The van der Waals surface area contributed by atoms with E-state index in [4.69, 9.17) is 14.7 Å². The van der Waals surface area contributed by atoms with Gasteiger partial charge in [-0.3, -0.25) is 14.6 Å². The molecule has 4 heterocycles. The lowest BCUT2D eigenvalue weighted by Gasteiger charge is -2.38. The Morgan fingerprint density at radius 2 is 1.64 bits per heavy atom. The van der Waals surface area contributed by atoms with Crippen molar-refractivity contribution in [2.75, 3.05) is 20.7 Å². The number of rotatable bonds is 10. The Balaban J connectivity index is 0.929. The number of aliphatic imine (C=N–C) groups is 1. The average Bonchev–Trinajstić information content (AvgIpc) is 3.88. The first kappa shape index (κ1) is 38.6. The van der Waals surface area contributed by atoms with Gasteiger partial charge < -0.3 is 30.2 Å². The van der Waals surface area contributed by atoms with Crippen LogP contribution in [0.2, 0.25) is 0 Å². The van der Waals surface area contributed by atoms with Crippen LogP contribution in [0.3, 0.4) is 0 Å². The molecule has 0 unspecified atom stereocenters. The maximum absolute atomic E-state index is 16.6. The summed E-state index contributed by atoms with van der Waals surface area (Å²) in [5.74, 6) is -2.37. The molecule has 3 aliphatic heterocycles. The van der Waals surface area contributed by atoms with Crippen LogP contribution in [0, 0.1) is 23.2 Å². The highest BCUT2D eigenvalue weighted by atomic mass is 19.3. The third-order valence-electron chi connectivity index (χ3n) is 13.9. The largest absolute Gasteiger partial charge is 0.453 e. The number of fused-ring (bicyclic) bond motifs is 5. The minimum atomic E-state index is -3.24. The fraction of sp³-hybridized carbons (Fsp3) is 0.533. The molecule has 1 aromatic heterocycles. The number of halogens is 2. The van der Waals surface area contributed by atoms with Gasteiger partial charge in [0.25, 0.3) is 5.92 Å². The van der Waals surface area contributed by atoms with E-state index in [0.29, 0.717) is 46.7 Å². The number of hydrogen-bond donors (Lipinski definition) is 3. The number of imidazole rings is 1. The van der Waals surface area contributed by atoms with Gasteiger partial charge in [0.15, 0.2) is 0 Å². The number of carbonyl (C=O) groups is 3. The van der Waals surface area contributed by atoms with Gasteiger partial charge in [-0.05, 0) is 103 Å². The average molecular weight is 794 g/mol. The van der Waals surface area contributed by atoms with Gasteiger partial charge in [0.1, 0.15) is 11.9 Å². The van der Waals surface area contributed by atoms with E-state index in [2.05, 4.69) is 15.6 Å². The molecular formula is C45H53F2N7O4. The number of ether oxygens (including phenoxy) is 1. The number of likely N-dealkylation sites (tertiary alicyclic amines) is 2. The molecule has 13 heteroatoms. The van der Waals surface area contributed by atoms with Crippen LogP contribution in [0.15, 0.2) is 53.8 Å². The summed E-state index contributed by atoms with van der Waals surface area (Å²) < 4.78 is 37.9. The molecule has 3 amide bonds. The monoisotopic (exact) mass is 793 g/mol. The molecule has 2 bridgehead atoms. The van der Waals surface area contributed by atoms with Crippen molar-refractivity contribution in [1.82, 2.24) is 30.4 Å². The summed E-state index contributed by atoms with van der Waals surface area (Å²) in [6, 6.07) is 9.11. The normalized spacial score (nSPS) is 25.6. The molecule has 2 saturated heterocycles. The van der Waals surface area contributed by atoms with Crippen molar-refractivity contribution >= 4 is 29.2 Å². The molecule has 6 aliphatic rings. The van der Waals surface area contributed by atoms with Crippen LogP contribution in [0.5, 0.6) is 0 Å². The molecule has 3 N–H and O–H groups in total. The number of aromatic amines is 1. The van der Waals surface area contributed by atoms with Crippen molar-refractivity contribution in [2.45, 2.75) is 109 Å². The Morgan fingerprint density at radius 1 is 0.948 bits per heavy atom. The zero-order valence-electron chi connectivity index (χ0n) is 34.1. The van der Waals surface area contributed by atoms with Crippen LogP contribution in [-0.4, -0.2) is 88.3 Å². The standard InChI is InChI=1S/C45H53F2N7O4/c1-23(2)37(48-5)41(55)53-22-44(13-14-44)19-36(53)40-50-21-35(51-40)26-9-12-31-30-11-8-25(16-32(30)45(46,47)33(31)17-26)28-18-34(49-20-28)39-27-7-10-29(15-27)54(39)42(56)38(24(3)4)52-43(57)58-6/h8-9,11-12,16-17,20-21,23-24,27,29,36-39,48H,7,10,13-15,18-19,22H2,1-6H3,(H,50,51)(H,52,57)/t27-,29+,36-,37-,38-,39-/m0/s1. The van der Waals surface area contributed by atoms with Crippen LogP contribution in [0.4, 0.5) is 13.6 Å². The third-order valence-corrected chi connectivity index (χ3v) is 13.9. The van der Waals surface area contributed by atoms with Crippen molar-refractivity contribution in [2.24, 2.45) is 28.2 Å². The molecule has 4 fully saturated rings. The van der Waals surface area contributed by atoms with E-state index in [1.54, 1.807) is 36.7 Å². The maximum atomic E-state index is 16.6. The first-order chi connectivity index (χ1) is 27.7. The van der Waals surface area contributed by atoms with Gasteiger partial charge in [-0.2, -0.15) is 8.78 Å². The minimum absolute atomic E-state index is 0.0405. The van der Waals surface area contributed by atoms with E-state index < -0.39 is 18.1 Å². The lowest BCUT2D eigenvalue weighted by Crippen LogP contribution is -2.57. The molecule has 6 atom stereocenters. The zero-order valence-corrected chi connectivity index (χ0v) is 34.1. The molecule has 306 valence electrons. The summed E-state index contributed by atoms with van der Waals surface area (Å²) in [5, 5.41) is 5.93. The number of allylic oxidation sites excluding steroid dienone is 1. The van der Waals surface area contributed by atoms with Crippen molar-refractivity contribution in [3.05, 3.63) is 71.3 Å². The first-order valence-corrected chi connectivity index (χ1v) is 20.9. The van der Waals surface area contributed by atoms with E-state index in [-0.39, 0.29) is 70.3 Å². The highest BCUT2D eigenvalue weighted by Gasteiger charge is 2.55. The summed E-state index contributed by atoms with van der Waals surface area (Å²) in [7, 11) is 3.10. The summed E-state index contributed by atoms with van der Waals surface area (Å²) in [6.45, 7) is 8.58. The lowest BCUT2D eigenvalue weighted by atomic mass is 9.89. The fourth-order valence-corrected chi connectivity index (χ4v) is 10.6. The van der Waals surface area contributed by atoms with Gasteiger partial charge in [0.2, 0.25) is 11.8 Å². The van der Waals surface area contributed by atoms with Gasteiger partial charge >= 0.3 is 6.09 Å². The Kier molecular flexibility index (Phi) is 9.40. The van der Waals surface area contributed by atoms with Crippen molar-refractivity contribution in [1.29, 1.82) is 0 Å². The number of methoxy groups -OCH3 is 1. The number of carbonyl (C=O) groups excluding carboxylic acids is 3. The molecule has 3 aromatic rings. The summed E-state index contributed by atoms with van der Waals surface area (Å²) in [6.07, 6.45) is 9.08. The molecule has 2 aromatic carbocycles. The second-order valence-electron chi connectivity index (χ2n) is 18.2. The summed E-state index contributed by atoms with van der Waals surface area (Å²) in [4.78, 5) is 56.8. The number of H-pyrrole nitrogens is 1. The molecule has 1 spiro atoms. The summed E-state index contributed by atoms with van der Waals surface area (Å²) >= 11 is 0. The predicted molar refractivity (Wildman–Crippen MR) is 217 cm³/mol. The maximum Gasteiger partial charge on any atom is 0.407 e. The number of piperidine rings is 1. The molecule has 11 nitrogen and oxygen atoms in total. The topological polar surface area (TPSA) is 132 Å². The van der Waals surface area contributed by atoms with Gasteiger partial charge in [-0.25, -0.2) is 9.78 Å². The fourth-order valence-electron chi connectivity index (χ4n) is 10.6. The minimum Gasteiger partial charge on any atom is -0.453 e. The number of likely N-dealkylation sites (N-methyl/N-ethyl adjacent to an activating group) is 1. The molecule has 58 heavy (non-hydrogen) atoms. The van der Waals surface area contributed by atoms with Crippen LogP contribution in [-0.2, 0) is 20.2 Å². The number of aromatic nitrogens is 2. The predicted octanol–water partition coefficient (Wildman–Crippen LogP) is 7.44. The van der Waals surface area contributed by atoms with Gasteiger partial charge in [0, 0.05) is 47.6 Å². The lowest BCUT2D eigenvalue weighted by molar-refractivity contribution is -0.137. The number of nitrogens with one attached hydrogen (secondary N) is 3. The Labute approximate surface area is 338 Å². The number of alkyl halides is 2.